The van der Waals surface area contributed by atoms with Crippen molar-refractivity contribution in [3.63, 3.8) is 0 Å². The van der Waals surface area contributed by atoms with Gasteiger partial charge in [-0.05, 0) is 26.0 Å². The van der Waals surface area contributed by atoms with Gasteiger partial charge in [0.15, 0.2) is 0 Å². The van der Waals surface area contributed by atoms with Crippen molar-refractivity contribution in [1.29, 1.82) is 0 Å². The number of aromatic nitrogens is 1. The number of hydrogen-bond acceptors (Lipinski definition) is 3. The molecule has 0 aliphatic carbocycles. The van der Waals surface area contributed by atoms with Crippen LogP contribution in [0.1, 0.15) is 19.5 Å². The van der Waals surface area contributed by atoms with Gasteiger partial charge in [0.25, 0.3) is 0 Å². The lowest BCUT2D eigenvalue weighted by molar-refractivity contribution is -0.142. The molecule has 6 heteroatoms. The van der Waals surface area contributed by atoms with Gasteiger partial charge in [-0.3, -0.25) is 4.79 Å². The van der Waals surface area contributed by atoms with Crippen LogP contribution in [0.3, 0.4) is 0 Å². The van der Waals surface area contributed by atoms with Crippen LogP contribution in [0.25, 0.3) is 10.6 Å². The highest BCUT2D eigenvalue weighted by atomic mass is 35.5. The lowest BCUT2D eigenvalue weighted by atomic mass is 9.90. The molecule has 0 bridgehead atoms. The van der Waals surface area contributed by atoms with Crippen molar-refractivity contribution in [1.82, 2.24) is 4.98 Å². The summed E-state index contributed by atoms with van der Waals surface area (Å²) in [7, 11) is 0. The number of rotatable bonds is 3. The Morgan fingerprint density at radius 3 is 2.74 bits per heavy atom. The first-order valence-electron chi connectivity index (χ1n) is 5.48. The summed E-state index contributed by atoms with van der Waals surface area (Å²) in [6.07, 6.45) is 0. The van der Waals surface area contributed by atoms with E-state index in [4.69, 9.17) is 16.7 Å². The Morgan fingerprint density at radius 1 is 1.47 bits per heavy atom. The zero-order valence-corrected chi connectivity index (χ0v) is 11.8. The first-order chi connectivity index (χ1) is 8.84. The molecule has 100 valence electrons. The molecule has 1 aromatic heterocycles. The Kier molecular flexibility index (Phi) is 3.60. The summed E-state index contributed by atoms with van der Waals surface area (Å²) in [6, 6.07) is 4.38. The van der Waals surface area contributed by atoms with Crippen molar-refractivity contribution in [2.75, 3.05) is 0 Å². The molecule has 0 aliphatic rings. The molecule has 0 saturated carbocycles. The van der Waals surface area contributed by atoms with Crippen molar-refractivity contribution >= 4 is 28.9 Å². The lowest BCUT2D eigenvalue weighted by Gasteiger charge is -2.15. The van der Waals surface area contributed by atoms with Gasteiger partial charge in [0.2, 0.25) is 0 Å². The first-order valence-corrected chi connectivity index (χ1v) is 6.73. The normalized spacial score (nSPS) is 11.6. The third kappa shape index (κ3) is 2.48. The summed E-state index contributed by atoms with van der Waals surface area (Å²) in [5, 5.41) is 11.4. The van der Waals surface area contributed by atoms with E-state index in [1.165, 1.54) is 23.5 Å². The summed E-state index contributed by atoms with van der Waals surface area (Å²) in [6.45, 7) is 3.11. The third-order valence-electron chi connectivity index (χ3n) is 2.86. The van der Waals surface area contributed by atoms with Gasteiger partial charge in [0.05, 0.1) is 16.3 Å². The molecule has 0 radical (unpaired) electrons. The van der Waals surface area contributed by atoms with Crippen molar-refractivity contribution in [2.45, 2.75) is 19.3 Å². The van der Waals surface area contributed by atoms with E-state index in [-0.39, 0.29) is 10.6 Å². The van der Waals surface area contributed by atoms with Crippen LogP contribution in [-0.4, -0.2) is 16.1 Å². The molecule has 0 spiro atoms. The molecule has 2 aromatic rings. The van der Waals surface area contributed by atoms with Crippen LogP contribution in [-0.2, 0) is 10.2 Å². The average Bonchev–Trinajstić information content (AvgIpc) is 2.78. The molecule has 19 heavy (non-hydrogen) atoms. The van der Waals surface area contributed by atoms with Crippen LogP contribution in [0, 0.1) is 5.82 Å². The summed E-state index contributed by atoms with van der Waals surface area (Å²) < 4.78 is 13.8. The van der Waals surface area contributed by atoms with E-state index in [1.54, 1.807) is 25.3 Å². The molecule has 0 fully saturated rings. The maximum atomic E-state index is 13.8. The second kappa shape index (κ2) is 4.90. The average molecular weight is 300 g/mol. The van der Waals surface area contributed by atoms with Gasteiger partial charge < -0.3 is 5.11 Å². The summed E-state index contributed by atoms with van der Waals surface area (Å²) in [5.74, 6) is -1.45. The molecular formula is C13H11ClFNO2S. The van der Waals surface area contributed by atoms with Gasteiger partial charge in [-0.15, -0.1) is 11.3 Å². The van der Waals surface area contributed by atoms with Crippen LogP contribution in [0.4, 0.5) is 4.39 Å². The topological polar surface area (TPSA) is 50.2 Å². The van der Waals surface area contributed by atoms with E-state index in [9.17, 15) is 9.18 Å². The summed E-state index contributed by atoms with van der Waals surface area (Å²) >= 11 is 7.14. The van der Waals surface area contributed by atoms with E-state index < -0.39 is 17.2 Å². The Hall–Kier alpha value is -1.46. The number of hydrogen-bond donors (Lipinski definition) is 1. The molecule has 0 saturated heterocycles. The highest BCUT2D eigenvalue weighted by Gasteiger charge is 2.32. The maximum absolute atomic E-state index is 13.8. The Bertz CT molecular complexity index is 619. The number of carboxylic acids is 1. The minimum atomic E-state index is -1.12. The van der Waals surface area contributed by atoms with Gasteiger partial charge in [0.1, 0.15) is 16.2 Å². The number of aliphatic carboxylic acids is 1. The van der Waals surface area contributed by atoms with Gasteiger partial charge >= 0.3 is 5.97 Å². The third-order valence-corrected chi connectivity index (χ3v) is 4.03. The number of carboxylic acid groups (broad SMARTS) is 1. The quantitative estimate of drug-likeness (QED) is 0.933. The Balaban J connectivity index is 2.51. The predicted octanol–water partition coefficient (Wildman–Crippen LogP) is 3.96. The van der Waals surface area contributed by atoms with Gasteiger partial charge in [0, 0.05) is 5.38 Å². The monoisotopic (exact) mass is 299 g/mol. The zero-order chi connectivity index (χ0) is 14.2. The van der Waals surface area contributed by atoms with Gasteiger partial charge in [-0.2, -0.15) is 0 Å². The van der Waals surface area contributed by atoms with Crippen LogP contribution >= 0.6 is 22.9 Å². The number of thiazole rings is 1. The number of nitrogens with zero attached hydrogens (tertiary/aromatic N) is 1. The lowest BCUT2D eigenvalue weighted by Crippen LogP contribution is -2.28. The zero-order valence-electron chi connectivity index (χ0n) is 10.3. The molecule has 0 atom stereocenters. The highest BCUT2D eigenvalue weighted by Crippen LogP contribution is 2.35. The molecule has 1 aromatic carbocycles. The fourth-order valence-electron chi connectivity index (χ4n) is 1.49. The van der Waals surface area contributed by atoms with Crippen LogP contribution in [0.2, 0.25) is 5.02 Å². The number of benzene rings is 1. The molecule has 0 aliphatic heterocycles. The molecule has 0 unspecified atom stereocenters. The largest absolute Gasteiger partial charge is 0.481 e. The molecule has 1 heterocycles. The van der Waals surface area contributed by atoms with E-state index >= 15 is 0 Å². The smallest absolute Gasteiger partial charge is 0.315 e. The molecule has 0 amide bonds. The Morgan fingerprint density at radius 2 is 2.16 bits per heavy atom. The minimum Gasteiger partial charge on any atom is -0.481 e. The number of carbonyl (C=O) groups is 1. The van der Waals surface area contributed by atoms with E-state index in [1.807, 2.05) is 0 Å². The summed E-state index contributed by atoms with van der Waals surface area (Å²) in [5.41, 5.74) is -0.520. The van der Waals surface area contributed by atoms with Crippen LogP contribution in [0.15, 0.2) is 23.6 Å². The maximum Gasteiger partial charge on any atom is 0.315 e. The van der Waals surface area contributed by atoms with Crippen molar-refractivity contribution in [3.8, 4) is 10.6 Å². The minimum absolute atomic E-state index is 0.210. The molecule has 1 N–H and O–H groups in total. The fraction of sp³-hybridized carbons (Fsp3) is 0.231. The molecule has 3 nitrogen and oxygen atoms in total. The van der Waals surface area contributed by atoms with Crippen molar-refractivity contribution in [3.05, 3.63) is 40.1 Å². The second-order valence-electron chi connectivity index (χ2n) is 4.56. The van der Waals surface area contributed by atoms with E-state index in [2.05, 4.69) is 4.98 Å². The Labute approximate surface area is 118 Å². The highest BCUT2D eigenvalue weighted by molar-refractivity contribution is 7.13. The fourth-order valence-corrected chi connectivity index (χ4v) is 2.84. The molecule has 2 rings (SSSR count). The van der Waals surface area contributed by atoms with Gasteiger partial charge in [-0.25, -0.2) is 9.37 Å². The standard InChI is InChI=1S/C13H11ClFNO2S/c1-13(2,12(17)18)9-6-19-11(16-9)10-7(14)4-3-5-8(10)15/h3-6H,1-2H3,(H,17,18). The van der Waals surface area contributed by atoms with E-state index in [0.717, 1.165) is 0 Å². The molecular weight excluding hydrogens is 289 g/mol. The van der Waals surface area contributed by atoms with Crippen molar-refractivity contribution < 1.29 is 14.3 Å². The van der Waals surface area contributed by atoms with Crippen molar-refractivity contribution in [2.24, 2.45) is 0 Å². The summed E-state index contributed by atoms with van der Waals surface area (Å²) in [4.78, 5) is 15.4. The predicted molar refractivity (Wildman–Crippen MR) is 73.2 cm³/mol. The second-order valence-corrected chi connectivity index (χ2v) is 5.83. The van der Waals surface area contributed by atoms with Gasteiger partial charge in [-0.1, -0.05) is 17.7 Å². The van der Waals surface area contributed by atoms with E-state index in [0.29, 0.717) is 10.7 Å². The van der Waals surface area contributed by atoms with Crippen LogP contribution in [0.5, 0.6) is 0 Å². The van der Waals surface area contributed by atoms with Crippen LogP contribution < -0.4 is 0 Å². The first kappa shape index (κ1) is 14.0. The number of halogens is 2. The SMILES string of the molecule is CC(C)(C(=O)O)c1csc(-c2c(F)cccc2Cl)n1.